The van der Waals surface area contributed by atoms with Crippen molar-refractivity contribution in [1.82, 2.24) is 10.2 Å². The summed E-state index contributed by atoms with van der Waals surface area (Å²) in [5.41, 5.74) is 0. The third-order valence-electron chi connectivity index (χ3n) is 2.54. The Kier molecular flexibility index (Phi) is 5.02. The zero-order valence-electron chi connectivity index (χ0n) is 8.00. The zero-order valence-corrected chi connectivity index (χ0v) is 8.81. The van der Waals surface area contributed by atoms with Crippen LogP contribution >= 0.6 is 12.4 Å². The Hall–Kier alpha value is 0.170. The number of ether oxygens (including phenoxy) is 1. The number of hydrogen-bond acceptors (Lipinski definition) is 3. The van der Waals surface area contributed by atoms with E-state index < -0.39 is 0 Å². The third-order valence-corrected chi connectivity index (χ3v) is 2.54. The average molecular weight is 207 g/mol. The normalized spacial score (nSPS) is 24.0. The Morgan fingerprint density at radius 3 is 2.54 bits per heavy atom. The Balaban J connectivity index is 0.000000845. The van der Waals surface area contributed by atoms with Gasteiger partial charge >= 0.3 is 0 Å². The first-order valence-electron chi connectivity index (χ1n) is 4.98. The number of nitrogens with zero attached hydrogens (tertiary/aromatic N) is 1. The summed E-state index contributed by atoms with van der Waals surface area (Å²) in [6, 6.07) is 0.853. The molecule has 0 atom stereocenters. The topological polar surface area (TPSA) is 24.5 Å². The average Bonchev–Trinajstić information content (AvgIpc) is 2.90. The fourth-order valence-corrected chi connectivity index (χ4v) is 1.54. The molecular weight excluding hydrogens is 188 g/mol. The van der Waals surface area contributed by atoms with E-state index >= 15 is 0 Å². The Morgan fingerprint density at radius 2 is 1.92 bits per heavy atom. The van der Waals surface area contributed by atoms with Crippen LogP contribution in [0.4, 0.5) is 0 Å². The molecule has 1 N–H and O–H groups in total. The van der Waals surface area contributed by atoms with Gasteiger partial charge in [0, 0.05) is 32.2 Å². The van der Waals surface area contributed by atoms with E-state index in [4.69, 9.17) is 4.74 Å². The van der Waals surface area contributed by atoms with Gasteiger partial charge in [-0.05, 0) is 12.8 Å². The van der Waals surface area contributed by atoms with Gasteiger partial charge in [0.05, 0.1) is 13.2 Å². The van der Waals surface area contributed by atoms with E-state index in [1.807, 2.05) is 0 Å². The zero-order chi connectivity index (χ0) is 8.23. The minimum Gasteiger partial charge on any atom is -0.379 e. The first-order valence-corrected chi connectivity index (χ1v) is 4.98. The molecule has 0 amide bonds. The van der Waals surface area contributed by atoms with Crippen molar-refractivity contribution >= 4 is 12.4 Å². The molecule has 0 bridgehead atoms. The van der Waals surface area contributed by atoms with E-state index in [2.05, 4.69) is 10.2 Å². The molecule has 2 rings (SSSR count). The maximum absolute atomic E-state index is 5.28. The van der Waals surface area contributed by atoms with E-state index in [-0.39, 0.29) is 12.4 Å². The summed E-state index contributed by atoms with van der Waals surface area (Å²) in [7, 11) is 0. The van der Waals surface area contributed by atoms with Gasteiger partial charge in [0.25, 0.3) is 0 Å². The summed E-state index contributed by atoms with van der Waals surface area (Å²) in [6.45, 7) is 6.43. The molecular formula is C9H19ClN2O. The highest BCUT2D eigenvalue weighted by Gasteiger charge is 2.20. The van der Waals surface area contributed by atoms with Gasteiger partial charge in [0.1, 0.15) is 0 Å². The van der Waals surface area contributed by atoms with Gasteiger partial charge in [-0.25, -0.2) is 0 Å². The lowest BCUT2D eigenvalue weighted by molar-refractivity contribution is 0.0384. The predicted octanol–water partition coefficient (Wildman–Crippen LogP) is 0.492. The van der Waals surface area contributed by atoms with Crippen LogP contribution in [0.5, 0.6) is 0 Å². The minimum atomic E-state index is 0. The van der Waals surface area contributed by atoms with Crippen molar-refractivity contribution in [3.63, 3.8) is 0 Å². The van der Waals surface area contributed by atoms with E-state index in [0.29, 0.717) is 0 Å². The fourth-order valence-electron chi connectivity index (χ4n) is 1.54. The van der Waals surface area contributed by atoms with Crippen molar-refractivity contribution in [2.45, 2.75) is 18.9 Å². The smallest absolute Gasteiger partial charge is 0.0594 e. The molecule has 0 unspecified atom stereocenters. The Morgan fingerprint density at radius 1 is 1.23 bits per heavy atom. The van der Waals surface area contributed by atoms with Gasteiger partial charge in [-0.1, -0.05) is 0 Å². The summed E-state index contributed by atoms with van der Waals surface area (Å²) < 4.78 is 5.28. The number of hydrogen-bond donors (Lipinski definition) is 1. The standard InChI is InChI=1S/C9H18N2O.ClH/c1-2-9(1)10-3-4-11-5-7-12-8-6-11;/h9-10H,1-8H2;1H. The van der Waals surface area contributed by atoms with Crippen LogP contribution < -0.4 is 5.32 Å². The molecule has 2 aliphatic rings. The summed E-state index contributed by atoms with van der Waals surface area (Å²) >= 11 is 0. The molecule has 1 saturated heterocycles. The van der Waals surface area contributed by atoms with Gasteiger partial charge in [-0.2, -0.15) is 0 Å². The summed E-state index contributed by atoms with van der Waals surface area (Å²) in [5, 5.41) is 3.52. The molecule has 4 heteroatoms. The first-order chi connectivity index (χ1) is 5.95. The van der Waals surface area contributed by atoms with Crippen molar-refractivity contribution in [1.29, 1.82) is 0 Å². The quantitative estimate of drug-likeness (QED) is 0.725. The van der Waals surface area contributed by atoms with Crippen molar-refractivity contribution in [3.05, 3.63) is 0 Å². The molecule has 0 aromatic heterocycles. The number of rotatable bonds is 4. The highest BCUT2D eigenvalue weighted by molar-refractivity contribution is 5.85. The van der Waals surface area contributed by atoms with Gasteiger partial charge in [-0.15, -0.1) is 12.4 Å². The fraction of sp³-hybridized carbons (Fsp3) is 1.00. The summed E-state index contributed by atoms with van der Waals surface area (Å²) in [6.07, 6.45) is 2.78. The lowest BCUT2D eigenvalue weighted by atomic mass is 10.4. The van der Waals surface area contributed by atoms with Crippen molar-refractivity contribution < 1.29 is 4.74 Å². The van der Waals surface area contributed by atoms with Crippen LogP contribution in [-0.2, 0) is 4.74 Å². The molecule has 0 aromatic carbocycles. The van der Waals surface area contributed by atoms with Crippen LogP contribution in [0.3, 0.4) is 0 Å². The highest BCUT2D eigenvalue weighted by atomic mass is 35.5. The SMILES string of the molecule is C(CN1CCOCC1)NC1CC1.Cl. The predicted molar refractivity (Wildman–Crippen MR) is 55.5 cm³/mol. The van der Waals surface area contributed by atoms with Gasteiger partial charge in [-0.3, -0.25) is 4.90 Å². The number of nitrogens with one attached hydrogen (secondary N) is 1. The maximum atomic E-state index is 5.28. The molecule has 3 nitrogen and oxygen atoms in total. The van der Waals surface area contributed by atoms with Crippen LogP contribution in [0.15, 0.2) is 0 Å². The van der Waals surface area contributed by atoms with Gasteiger partial charge in [0.2, 0.25) is 0 Å². The first kappa shape index (κ1) is 11.2. The molecule has 13 heavy (non-hydrogen) atoms. The summed E-state index contributed by atoms with van der Waals surface area (Å²) in [5.74, 6) is 0. The second-order valence-corrected chi connectivity index (χ2v) is 3.68. The second-order valence-electron chi connectivity index (χ2n) is 3.68. The Labute approximate surface area is 86.2 Å². The molecule has 1 saturated carbocycles. The molecule has 1 heterocycles. The molecule has 1 aliphatic heterocycles. The highest BCUT2D eigenvalue weighted by Crippen LogP contribution is 2.17. The number of halogens is 1. The molecule has 0 spiro atoms. The van der Waals surface area contributed by atoms with Crippen LogP contribution in [-0.4, -0.2) is 50.3 Å². The lowest BCUT2D eigenvalue weighted by Gasteiger charge is -2.26. The number of morpholine rings is 1. The molecule has 78 valence electrons. The molecule has 2 fully saturated rings. The van der Waals surface area contributed by atoms with Gasteiger partial charge in [0.15, 0.2) is 0 Å². The lowest BCUT2D eigenvalue weighted by Crippen LogP contribution is -2.40. The van der Waals surface area contributed by atoms with Crippen molar-refractivity contribution in [2.75, 3.05) is 39.4 Å². The minimum absolute atomic E-state index is 0. The second kappa shape index (κ2) is 5.81. The van der Waals surface area contributed by atoms with Gasteiger partial charge < -0.3 is 10.1 Å². The maximum Gasteiger partial charge on any atom is 0.0594 e. The van der Waals surface area contributed by atoms with E-state index in [1.165, 1.54) is 19.4 Å². The van der Waals surface area contributed by atoms with Crippen LogP contribution in [0.25, 0.3) is 0 Å². The molecule has 0 radical (unpaired) electrons. The third kappa shape index (κ3) is 4.27. The monoisotopic (exact) mass is 206 g/mol. The van der Waals surface area contributed by atoms with Crippen molar-refractivity contribution in [3.8, 4) is 0 Å². The van der Waals surface area contributed by atoms with Crippen molar-refractivity contribution in [2.24, 2.45) is 0 Å². The van der Waals surface area contributed by atoms with Crippen LogP contribution in [0.1, 0.15) is 12.8 Å². The van der Waals surface area contributed by atoms with E-state index in [0.717, 1.165) is 38.9 Å². The molecule has 0 aromatic rings. The largest absolute Gasteiger partial charge is 0.379 e. The Bertz CT molecular complexity index is 136. The summed E-state index contributed by atoms with van der Waals surface area (Å²) in [4.78, 5) is 2.47. The molecule has 1 aliphatic carbocycles. The van der Waals surface area contributed by atoms with Crippen LogP contribution in [0.2, 0.25) is 0 Å². The van der Waals surface area contributed by atoms with E-state index in [9.17, 15) is 0 Å². The van der Waals surface area contributed by atoms with Crippen LogP contribution in [0, 0.1) is 0 Å². The van der Waals surface area contributed by atoms with E-state index in [1.54, 1.807) is 0 Å².